The van der Waals surface area contributed by atoms with E-state index in [0.717, 1.165) is 22.1 Å². The van der Waals surface area contributed by atoms with Gasteiger partial charge in [-0.15, -0.1) is 11.6 Å². The second-order valence-electron chi connectivity index (χ2n) is 3.01. The average Bonchev–Trinajstić information content (AvgIpc) is 2.68. The minimum Gasteiger partial charge on any atom is -0.431 e. The minimum atomic E-state index is 0.448. The number of aromatic nitrogens is 1. The molecule has 2 aromatic rings. The van der Waals surface area contributed by atoms with Crippen LogP contribution in [0.1, 0.15) is 0 Å². The summed E-state index contributed by atoms with van der Waals surface area (Å²) in [5.41, 5.74) is 1.76. The van der Waals surface area contributed by atoms with Crippen molar-refractivity contribution < 1.29 is 4.42 Å². The Bertz CT molecular complexity index is 415. The predicted molar refractivity (Wildman–Crippen MR) is 73.3 cm³/mol. The normalized spacial score (nSPS) is 13.2. The summed E-state index contributed by atoms with van der Waals surface area (Å²) in [7, 11) is 0. The highest BCUT2D eigenvalue weighted by Gasteiger charge is 2.08. The van der Waals surface area contributed by atoms with Gasteiger partial charge in [0.05, 0.1) is 0 Å². The molecule has 1 atom stereocenters. The van der Waals surface area contributed by atoms with Crippen molar-refractivity contribution in [3.63, 3.8) is 0 Å². The third-order valence-corrected chi connectivity index (χ3v) is 5.19. The summed E-state index contributed by atoms with van der Waals surface area (Å²) in [6, 6.07) is 7.78. The van der Waals surface area contributed by atoms with Gasteiger partial charge in [-0.1, -0.05) is 46.5 Å². The topological polar surface area (TPSA) is 26.0 Å². The van der Waals surface area contributed by atoms with Crippen LogP contribution < -0.4 is 0 Å². The fourth-order valence-electron chi connectivity index (χ4n) is 1.12. The lowest BCUT2D eigenvalue weighted by atomic mass is 10.3. The molecule has 2 rings (SSSR count). The van der Waals surface area contributed by atoms with Crippen molar-refractivity contribution in [3.8, 4) is 0 Å². The van der Waals surface area contributed by atoms with Gasteiger partial charge in [0, 0.05) is 15.6 Å². The molecule has 5 heteroatoms. The second-order valence-corrected chi connectivity index (χ2v) is 6.05. The molecule has 0 saturated carbocycles. The van der Waals surface area contributed by atoms with Gasteiger partial charge in [0.2, 0.25) is 0 Å². The first-order valence-corrected chi connectivity index (χ1v) is 7.24. The average molecular weight is 354 g/mol. The van der Waals surface area contributed by atoms with Gasteiger partial charge in [-0.2, -0.15) is 0 Å². The lowest BCUT2D eigenvalue weighted by Crippen LogP contribution is -2.01. The fraction of sp³-hybridized carbons (Fsp3) is 0.300. The number of alkyl halides is 2. The van der Waals surface area contributed by atoms with E-state index in [1.165, 1.54) is 0 Å². The maximum absolute atomic E-state index is 5.73. The molecule has 1 aromatic heterocycles. The minimum absolute atomic E-state index is 0.448. The van der Waals surface area contributed by atoms with Crippen molar-refractivity contribution in [2.75, 3.05) is 11.6 Å². The quantitative estimate of drug-likeness (QED) is 0.473. The Labute approximate surface area is 111 Å². The zero-order valence-electron chi connectivity index (χ0n) is 7.82. The second kappa shape index (κ2) is 5.41. The van der Waals surface area contributed by atoms with E-state index in [-0.39, 0.29) is 0 Å². The number of benzene rings is 1. The van der Waals surface area contributed by atoms with Gasteiger partial charge in [-0.25, -0.2) is 4.98 Å². The summed E-state index contributed by atoms with van der Waals surface area (Å²) in [5, 5.41) is 0.725. The summed E-state index contributed by atoms with van der Waals surface area (Å²) in [6.45, 7) is 0. The van der Waals surface area contributed by atoms with Crippen molar-refractivity contribution in [2.24, 2.45) is 0 Å². The predicted octanol–water partition coefficient (Wildman–Crippen LogP) is 3.96. The maximum atomic E-state index is 5.73. The third kappa shape index (κ3) is 3.01. The van der Waals surface area contributed by atoms with Crippen LogP contribution in [-0.4, -0.2) is 20.5 Å². The van der Waals surface area contributed by atoms with Crippen molar-refractivity contribution >= 4 is 57.1 Å². The molecule has 0 bridgehead atoms. The molecule has 0 amide bonds. The van der Waals surface area contributed by atoms with Crippen molar-refractivity contribution in [1.29, 1.82) is 0 Å². The van der Waals surface area contributed by atoms with E-state index in [9.17, 15) is 0 Å². The van der Waals surface area contributed by atoms with Crippen molar-refractivity contribution in [3.05, 3.63) is 24.3 Å². The standard InChI is InChI=1S/C10H9ClINOS/c11-5-7(12)6-15-10-13-8-3-1-2-4-9(8)14-10/h1-4,7H,5-6H2. The molecule has 0 N–H and O–H groups in total. The summed E-state index contributed by atoms with van der Waals surface area (Å²) in [6.07, 6.45) is 0. The van der Waals surface area contributed by atoms with Crippen molar-refractivity contribution in [1.82, 2.24) is 4.98 Å². The molecule has 0 saturated heterocycles. The summed E-state index contributed by atoms with van der Waals surface area (Å²) in [4.78, 5) is 4.37. The van der Waals surface area contributed by atoms with Gasteiger partial charge in [0.25, 0.3) is 5.22 Å². The van der Waals surface area contributed by atoms with Crippen LogP contribution in [0.25, 0.3) is 11.1 Å². The monoisotopic (exact) mass is 353 g/mol. The van der Waals surface area contributed by atoms with Crippen LogP contribution in [0.2, 0.25) is 0 Å². The van der Waals surface area contributed by atoms with E-state index < -0.39 is 0 Å². The molecule has 80 valence electrons. The Hall–Kier alpha value is 0.0600. The van der Waals surface area contributed by atoms with Crippen LogP contribution in [-0.2, 0) is 0 Å². The first-order chi connectivity index (χ1) is 7.29. The van der Waals surface area contributed by atoms with Gasteiger partial charge in [-0.3, -0.25) is 0 Å². The highest BCUT2D eigenvalue weighted by Crippen LogP contribution is 2.25. The Kier molecular flexibility index (Phi) is 4.16. The molecule has 0 aliphatic carbocycles. The Morgan fingerprint density at radius 3 is 3.00 bits per heavy atom. The SMILES string of the molecule is ClCC(I)CSc1nc2ccccc2o1. The molecule has 0 spiro atoms. The van der Waals surface area contributed by atoms with Gasteiger partial charge >= 0.3 is 0 Å². The molecule has 0 aliphatic heterocycles. The molecule has 0 radical (unpaired) electrons. The number of nitrogens with zero attached hydrogens (tertiary/aromatic N) is 1. The number of hydrogen-bond acceptors (Lipinski definition) is 3. The summed E-state index contributed by atoms with van der Waals surface area (Å²) in [5.74, 6) is 1.59. The number of para-hydroxylation sites is 2. The molecule has 2 nitrogen and oxygen atoms in total. The van der Waals surface area contributed by atoms with Crippen LogP contribution in [0, 0.1) is 0 Å². The van der Waals surface area contributed by atoms with E-state index in [1.54, 1.807) is 11.8 Å². The molecule has 1 unspecified atom stereocenters. The van der Waals surface area contributed by atoms with Gasteiger partial charge in [0.1, 0.15) is 5.52 Å². The van der Waals surface area contributed by atoms with E-state index in [1.807, 2.05) is 24.3 Å². The highest BCUT2D eigenvalue weighted by atomic mass is 127. The number of halogens is 2. The highest BCUT2D eigenvalue weighted by molar-refractivity contribution is 14.1. The van der Waals surface area contributed by atoms with E-state index in [0.29, 0.717) is 9.80 Å². The van der Waals surface area contributed by atoms with Gasteiger partial charge < -0.3 is 4.42 Å². The number of oxazole rings is 1. The summed E-state index contributed by atoms with van der Waals surface area (Å²) < 4.78 is 6.02. The van der Waals surface area contributed by atoms with E-state index in [2.05, 4.69) is 27.6 Å². The lowest BCUT2D eigenvalue weighted by Gasteiger charge is -2.00. The molecular formula is C10H9ClINOS. The van der Waals surface area contributed by atoms with Crippen molar-refractivity contribution in [2.45, 2.75) is 9.15 Å². The van der Waals surface area contributed by atoms with E-state index >= 15 is 0 Å². The Balaban J connectivity index is 2.09. The van der Waals surface area contributed by atoms with Crippen LogP contribution in [0.3, 0.4) is 0 Å². The lowest BCUT2D eigenvalue weighted by molar-refractivity contribution is 0.489. The Morgan fingerprint density at radius 2 is 2.27 bits per heavy atom. The molecule has 1 aromatic carbocycles. The van der Waals surface area contributed by atoms with Gasteiger partial charge in [-0.05, 0) is 12.1 Å². The van der Waals surface area contributed by atoms with Crippen LogP contribution in [0.15, 0.2) is 33.9 Å². The molecule has 1 heterocycles. The molecule has 0 aliphatic rings. The number of hydrogen-bond donors (Lipinski definition) is 0. The van der Waals surface area contributed by atoms with Crippen LogP contribution in [0.5, 0.6) is 0 Å². The Morgan fingerprint density at radius 1 is 1.47 bits per heavy atom. The molecular weight excluding hydrogens is 345 g/mol. The first kappa shape index (κ1) is 11.5. The number of fused-ring (bicyclic) bond motifs is 1. The van der Waals surface area contributed by atoms with Crippen LogP contribution >= 0.6 is 46.0 Å². The third-order valence-electron chi connectivity index (χ3n) is 1.83. The molecule has 15 heavy (non-hydrogen) atoms. The fourth-order valence-corrected chi connectivity index (χ4v) is 2.65. The maximum Gasteiger partial charge on any atom is 0.256 e. The van der Waals surface area contributed by atoms with Gasteiger partial charge in [0.15, 0.2) is 5.58 Å². The zero-order valence-corrected chi connectivity index (χ0v) is 11.6. The number of thioether (sulfide) groups is 1. The zero-order chi connectivity index (χ0) is 10.7. The van der Waals surface area contributed by atoms with E-state index in [4.69, 9.17) is 16.0 Å². The van der Waals surface area contributed by atoms with Crippen LogP contribution in [0.4, 0.5) is 0 Å². The summed E-state index contributed by atoms with van der Waals surface area (Å²) >= 11 is 9.66. The number of rotatable bonds is 4. The first-order valence-electron chi connectivity index (χ1n) is 4.48. The largest absolute Gasteiger partial charge is 0.431 e. The smallest absolute Gasteiger partial charge is 0.256 e. The molecule has 0 fully saturated rings.